The average molecular weight is 272 g/mol. The fourth-order valence-electron chi connectivity index (χ4n) is 3.18. The minimum atomic E-state index is 0.123. The zero-order valence-corrected chi connectivity index (χ0v) is 12.2. The lowest BCUT2D eigenvalue weighted by atomic mass is 10.0. The van der Waals surface area contributed by atoms with E-state index < -0.39 is 0 Å². The Balaban J connectivity index is 1.69. The first kappa shape index (κ1) is 13.5. The van der Waals surface area contributed by atoms with Gasteiger partial charge in [0.25, 0.3) is 0 Å². The van der Waals surface area contributed by atoms with Gasteiger partial charge in [0.05, 0.1) is 6.04 Å². The number of hydrogen-bond donors (Lipinski definition) is 1. The lowest BCUT2D eigenvalue weighted by Gasteiger charge is -2.35. The first-order valence-corrected chi connectivity index (χ1v) is 7.88. The molecule has 1 saturated heterocycles. The third-order valence-electron chi connectivity index (χ3n) is 4.59. The van der Waals surface area contributed by atoms with Gasteiger partial charge in [-0.2, -0.15) is 0 Å². The molecular formula is C17H24N2O. The van der Waals surface area contributed by atoms with Crippen LogP contribution >= 0.6 is 0 Å². The van der Waals surface area contributed by atoms with Crippen molar-refractivity contribution >= 4 is 6.03 Å². The molecule has 108 valence electrons. The molecular weight excluding hydrogens is 248 g/mol. The van der Waals surface area contributed by atoms with Gasteiger partial charge in [-0.25, -0.2) is 4.79 Å². The van der Waals surface area contributed by atoms with Crippen molar-refractivity contribution in [2.45, 2.75) is 51.1 Å². The number of carbonyl (C=O) groups is 1. The van der Waals surface area contributed by atoms with Crippen molar-refractivity contribution in [2.75, 3.05) is 6.54 Å². The number of nitrogens with one attached hydrogen (secondary N) is 1. The minimum absolute atomic E-state index is 0.123. The Hall–Kier alpha value is -1.51. The second-order valence-corrected chi connectivity index (χ2v) is 6.21. The number of urea groups is 1. The third kappa shape index (κ3) is 2.97. The molecule has 1 aliphatic heterocycles. The molecule has 2 atom stereocenters. The number of benzene rings is 1. The zero-order chi connectivity index (χ0) is 13.9. The summed E-state index contributed by atoms with van der Waals surface area (Å²) in [6.07, 6.45) is 5.98. The number of likely N-dealkylation sites (tertiary alicyclic amines) is 1. The van der Waals surface area contributed by atoms with Crippen LogP contribution < -0.4 is 5.32 Å². The number of piperidine rings is 1. The van der Waals surface area contributed by atoms with Gasteiger partial charge in [0.2, 0.25) is 0 Å². The summed E-state index contributed by atoms with van der Waals surface area (Å²) in [6.45, 7) is 3.06. The second kappa shape index (κ2) is 5.86. The molecule has 0 spiro atoms. The summed E-state index contributed by atoms with van der Waals surface area (Å²) in [5.41, 5.74) is 1.24. The summed E-state index contributed by atoms with van der Waals surface area (Å²) in [6, 6.07) is 11.1. The highest BCUT2D eigenvalue weighted by Crippen LogP contribution is 2.41. The number of rotatable bonds is 3. The van der Waals surface area contributed by atoms with Gasteiger partial charge in [-0.05, 0) is 50.5 Å². The summed E-state index contributed by atoms with van der Waals surface area (Å²) in [5.74, 6) is 0.626. The molecule has 1 aromatic carbocycles. The van der Waals surface area contributed by atoms with E-state index in [2.05, 4.69) is 36.5 Å². The fraction of sp³-hybridized carbons (Fsp3) is 0.588. The maximum absolute atomic E-state index is 12.5. The summed E-state index contributed by atoms with van der Waals surface area (Å²) in [4.78, 5) is 14.6. The van der Waals surface area contributed by atoms with Crippen LogP contribution in [0.25, 0.3) is 0 Å². The molecule has 20 heavy (non-hydrogen) atoms. The standard InChI is InChI=1S/C17H24N2O/c1-13-7-5-6-12-19(13)17(20)18-16(15-10-11-15)14-8-3-2-4-9-14/h2-4,8-9,13,15-16H,5-7,10-12H2,1H3,(H,18,20). The molecule has 0 radical (unpaired) electrons. The average Bonchev–Trinajstić information content (AvgIpc) is 3.30. The van der Waals surface area contributed by atoms with Crippen LogP contribution in [0, 0.1) is 5.92 Å². The Morgan fingerprint density at radius 3 is 2.60 bits per heavy atom. The number of amides is 2. The first-order chi connectivity index (χ1) is 9.75. The van der Waals surface area contributed by atoms with Gasteiger partial charge in [-0.15, -0.1) is 0 Å². The largest absolute Gasteiger partial charge is 0.331 e. The van der Waals surface area contributed by atoms with E-state index in [1.54, 1.807) is 0 Å². The molecule has 0 bridgehead atoms. The zero-order valence-electron chi connectivity index (χ0n) is 12.2. The van der Waals surface area contributed by atoms with Crippen LogP contribution in [-0.2, 0) is 0 Å². The topological polar surface area (TPSA) is 32.3 Å². The van der Waals surface area contributed by atoms with E-state index in [1.165, 1.54) is 24.8 Å². The van der Waals surface area contributed by atoms with Crippen molar-refractivity contribution in [1.29, 1.82) is 0 Å². The van der Waals surface area contributed by atoms with Crippen molar-refractivity contribution in [3.63, 3.8) is 0 Å². The maximum atomic E-state index is 12.5. The lowest BCUT2D eigenvalue weighted by Crippen LogP contribution is -2.48. The van der Waals surface area contributed by atoms with Crippen molar-refractivity contribution in [2.24, 2.45) is 5.92 Å². The Morgan fingerprint density at radius 1 is 1.20 bits per heavy atom. The van der Waals surface area contributed by atoms with Gasteiger partial charge >= 0.3 is 6.03 Å². The molecule has 3 heteroatoms. The van der Waals surface area contributed by atoms with Crippen LogP contribution in [0.3, 0.4) is 0 Å². The Labute approximate surface area is 121 Å². The Morgan fingerprint density at radius 2 is 1.95 bits per heavy atom. The monoisotopic (exact) mass is 272 g/mol. The van der Waals surface area contributed by atoms with Crippen LogP contribution in [0.2, 0.25) is 0 Å². The van der Waals surface area contributed by atoms with E-state index in [1.807, 2.05) is 11.0 Å². The fourth-order valence-corrected chi connectivity index (χ4v) is 3.18. The molecule has 2 aliphatic rings. The predicted molar refractivity (Wildman–Crippen MR) is 80.5 cm³/mol. The summed E-state index contributed by atoms with van der Waals surface area (Å²) >= 11 is 0. The van der Waals surface area contributed by atoms with E-state index in [0.717, 1.165) is 19.4 Å². The highest BCUT2D eigenvalue weighted by atomic mass is 16.2. The smallest absolute Gasteiger partial charge is 0.318 e. The number of hydrogen-bond acceptors (Lipinski definition) is 1. The molecule has 2 fully saturated rings. The lowest BCUT2D eigenvalue weighted by molar-refractivity contribution is 0.153. The molecule has 0 aromatic heterocycles. The van der Waals surface area contributed by atoms with Gasteiger partial charge in [0.1, 0.15) is 0 Å². The summed E-state index contributed by atoms with van der Waals surface area (Å²) < 4.78 is 0. The maximum Gasteiger partial charge on any atom is 0.318 e. The van der Waals surface area contributed by atoms with Gasteiger partial charge in [0.15, 0.2) is 0 Å². The van der Waals surface area contributed by atoms with Crippen molar-refractivity contribution in [1.82, 2.24) is 10.2 Å². The third-order valence-corrected chi connectivity index (χ3v) is 4.59. The molecule has 2 amide bonds. The number of nitrogens with zero attached hydrogens (tertiary/aromatic N) is 1. The Bertz CT molecular complexity index is 455. The predicted octanol–water partition coefficient (Wildman–Crippen LogP) is 3.72. The Kier molecular flexibility index (Phi) is 3.95. The molecule has 1 N–H and O–H groups in total. The molecule has 1 heterocycles. The molecule has 3 nitrogen and oxygen atoms in total. The number of carbonyl (C=O) groups excluding carboxylic acids is 1. The van der Waals surface area contributed by atoms with Gasteiger partial charge in [0, 0.05) is 12.6 Å². The molecule has 3 rings (SSSR count). The first-order valence-electron chi connectivity index (χ1n) is 7.88. The summed E-state index contributed by atoms with van der Waals surface area (Å²) in [7, 11) is 0. The van der Waals surface area contributed by atoms with E-state index in [4.69, 9.17) is 0 Å². The second-order valence-electron chi connectivity index (χ2n) is 6.21. The highest BCUT2D eigenvalue weighted by molar-refractivity contribution is 5.75. The van der Waals surface area contributed by atoms with Crippen molar-refractivity contribution in [3.05, 3.63) is 35.9 Å². The molecule has 2 unspecified atom stereocenters. The molecule has 1 saturated carbocycles. The van der Waals surface area contributed by atoms with Crippen LogP contribution in [0.15, 0.2) is 30.3 Å². The van der Waals surface area contributed by atoms with Crippen LogP contribution in [-0.4, -0.2) is 23.5 Å². The van der Waals surface area contributed by atoms with E-state index in [-0.39, 0.29) is 12.1 Å². The van der Waals surface area contributed by atoms with Crippen molar-refractivity contribution in [3.8, 4) is 0 Å². The molecule has 1 aliphatic carbocycles. The minimum Gasteiger partial charge on any atom is -0.331 e. The van der Waals surface area contributed by atoms with E-state index >= 15 is 0 Å². The normalized spacial score (nSPS) is 24.2. The van der Waals surface area contributed by atoms with E-state index in [9.17, 15) is 4.79 Å². The van der Waals surface area contributed by atoms with Crippen LogP contribution in [0.1, 0.15) is 50.6 Å². The van der Waals surface area contributed by atoms with Crippen LogP contribution in [0.5, 0.6) is 0 Å². The molecule has 1 aromatic rings. The SMILES string of the molecule is CC1CCCCN1C(=O)NC(c1ccccc1)C1CC1. The summed E-state index contributed by atoms with van der Waals surface area (Å²) in [5, 5.41) is 3.28. The quantitative estimate of drug-likeness (QED) is 0.893. The van der Waals surface area contributed by atoms with Gasteiger partial charge < -0.3 is 10.2 Å². The van der Waals surface area contributed by atoms with Crippen molar-refractivity contribution < 1.29 is 4.79 Å². The highest BCUT2D eigenvalue weighted by Gasteiger charge is 2.35. The van der Waals surface area contributed by atoms with E-state index in [0.29, 0.717) is 12.0 Å². The van der Waals surface area contributed by atoms with Gasteiger partial charge in [-0.3, -0.25) is 0 Å². The van der Waals surface area contributed by atoms with Crippen LogP contribution in [0.4, 0.5) is 4.79 Å². The van der Waals surface area contributed by atoms with Gasteiger partial charge in [-0.1, -0.05) is 30.3 Å².